The molecule has 0 aliphatic heterocycles. The second-order valence-corrected chi connectivity index (χ2v) is 4.02. The highest BCUT2D eigenvalue weighted by atomic mass is 79.9. The van der Waals surface area contributed by atoms with Crippen molar-refractivity contribution in [1.82, 2.24) is 10.4 Å². The van der Waals surface area contributed by atoms with Gasteiger partial charge in [-0.25, -0.2) is 4.39 Å². The van der Waals surface area contributed by atoms with Gasteiger partial charge in [0.05, 0.1) is 0 Å². The highest BCUT2D eigenvalue weighted by Gasteiger charge is 2.09. The number of hydrogen-bond acceptors (Lipinski definition) is 3. The van der Waals surface area contributed by atoms with E-state index in [1.807, 2.05) is 0 Å². The number of nitrogens with zero attached hydrogens (tertiary/aromatic N) is 2. The van der Waals surface area contributed by atoms with Gasteiger partial charge in [0.2, 0.25) is 0 Å². The minimum absolute atomic E-state index is 0.279. The Hall–Kier alpha value is -1.49. The van der Waals surface area contributed by atoms with Gasteiger partial charge in [-0.05, 0) is 18.2 Å². The molecule has 0 bridgehead atoms. The van der Waals surface area contributed by atoms with Crippen LogP contribution in [-0.4, -0.2) is 10.4 Å². The van der Waals surface area contributed by atoms with Crippen molar-refractivity contribution in [2.45, 2.75) is 0 Å². The predicted molar refractivity (Wildman–Crippen MR) is 57.0 cm³/mol. The van der Waals surface area contributed by atoms with Crippen LogP contribution in [0.3, 0.4) is 0 Å². The minimum atomic E-state index is -0.279. The third-order valence-electron chi connectivity index (χ3n) is 2.27. The molecular weight excluding hydrogens is 263 g/mol. The third-order valence-corrected chi connectivity index (χ3v) is 2.92. The van der Waals surface area contributed by atoms with Crippen LogP contribution in [0.2, 0.25) is 0 Å². The molecular formula is C10H4BrFN2O. The van der Waals surface area contributed by atoms with Crippen LogP contribution < -0.4 is 0 Å². The Morgan fingerprint density at radius 3 is 2.93 bits per heavy atom. The zero-order valence-electron chi connectivity index (χ0n) is 7.37. The lowest BCUT2D eigenvalue weighted by molar-refractivity contribution is 0.424. The Morgan fingerprint density at radius 2 is 2.07 bits per heavy atom. The van der Waals surface area contributed by atoms with Crippen molar-refractivity contribution in [1.29, 1.82) is 0 Å². The Balaban J connectivity index is 2.61. The molecule has 0 saturated carbocycles. The van der Waals surface area contributed by atoms with E-state index in [2.05, 4.69) is 26.3 Å². The fraction of sp³-hybridized carbons (Fsp3) is 0. The predicted octanol–water partition coefficient (Wildman–Crippen LogP) is 3.28. The van der Waals surface area contributed by atoms with Gasteiger partial charge in [0.1, 0.15) is 11.3 Å². The smallest absolute Gasteiger partial charge is 0.189 e. The number of rotatable bonds is 0. The summed E-state index contributed by atoms with van der Waals surface area (Å²) < 4.78 is 18.8. The summed E-state index contributed by atoms with van der Waals surface area (Å²) in [5.41, 5.74) is 1.23. The van der Waals surface area contributed by atoms with E-state index in [-0.39, 0.29) is 5.82 Å². The van der Waals surface area contributed by atoms with E-state index >= 15 is 0 Å². The van der Waals surface area contributed by atoms with Crippen LogP contribution in [0, 0.1) is 5.82 Å². The number of halogens is 2. The molecule has 3 nitrogen and oxygen atoms in total. The highest BCUT2D eigenvalue weighted by Crippen LogP contribution is 2.30. The summed E-state index contributed by atoms with van der Waals surface area (Å²) in [7, 11) is 0. The van der Waals surface area contributed by atoms with Crippen molar-refractivity contribution < 1.29 is 8.91 Å². The molecule has 0 amide bonds. The summed E-state index contributed by atoms with van der Waals surface area (Å²) >= 11 is 3.35. The van der Waals surface area contributed by atoms with Gasteiger partial charge < -0.3 is 4.52 Å². The Morgan fingerprint density at radius 1 is 1.20 bits per heavy atom. The lowest BCUT2D eigenvalue weighted by Crippen LogP contribution is -1.80. The molecule has 2 aromatic carbocycles. The molecule has 0 aliphatic carbocycles. The summed E-state index contributed by atoms with van der Waals surface area (Å²) in [6.07, 6.45) is 0. The van der Waals surface area contributed by atoms with E-state index in [0.717, 1.165) is 15.2 Å². The summed E-state index contributed by atoms with van der Waals surface area (Å²) in [6, 6.07) is 6.25. The fourth-order valence-electron chi connectivity index (χ4n) is 1.59. The van der Waals surface area contributed by atoms with Crippen molar-refractivity contribution in [3.63, 3.8) is 0 Å². The molecule has 15 heavy (non-hydrogen) atoms. The maximum absolute atomic E-state index is 13.1. The van der Waals surface area contributed by atoms with Gasteiger partial charge in [-0.2, -0.15) is 0 Å². The first-order chi connectivity index (χ1) is 7.25. The van der Waals surface area contributed by atoms with E-state index < -0.39 is 0 Å². The maximum atomic E-state index is 13.1. The molecule has 3 aromatic rings. The summed E-state index contributed by atoms with van der Waals surface area (Å²) in [4.78, 5) is 0. The molecule has 0 atom stereocenters. The monoisotopic (exact) mass is 266 g/mol. The number of fused-ring (bicyclic) bond motifs is 3. The zero-order chi connectivity index (χ0) is 10.4. The van der Waals surface area contributed by atoms with Crippen molar-refractivity contribution in [2.24, 2.45) is 0 Å². The summed E-state index contributed by atoms with van der Waals surface area (Å²) in [5, 5.41) is 8.92. The molecule has 0 N–H and O–H groups in total. The van der Waals surface area contributed by atoms with Crippen LogP contribution in [0.5, 0.6) is 0 Å². The molecule has 0 spiro atoms. The third kappa shape index (κ3) is 1.23. The van der Waals surface area contributed by atoms with E-state index in [4.69, 9.17) is 4.52 Å². The van der Waals surface area contributed by atoms with Gasteiger partial charge in [0.25, 0.3) is 0 Å². The van der Waals surface area contributed by atoms with Crippen molar-refractivity contribution >= 4 is 37.8 Å². The largest absolute Gasteiger partial charge is 0.337 e. The Bertz CT molecular complexity index is 665. The van der Waals surface area contributed by atoms with E-state index in [9.17, 15) is 4.39 Å². The van der Waals surface area contributed by atoms with Crippen LogP contribution >= 0.6 is 15.9 Å². The van der Waals surface area contributed by atoms with E-state index in [1.54, 1.807) is 12.1 Å². The van der Waals surface area contributed by atoms with Crippen LogP contribution in [0.4, 0.5) is 4.39 Å². The van der Waals surface area contributed by atoms with Gasteiger partial charge in [-0.3, -0.25) is 0 Å². The Kier molecular flexibility index (Phi) is 1.76. The molecule has 1 heterocycles. The standard InChI is InChI=1S/C10H4BrFN2O/c11-8-4-9-10(13-14-15-9)6-2-1-5(12)3-7(6)8/h1-4H. The summed E-state index contributed by atoms with van der Waals surface area (Å²) in [6.45, 7) is 0. The first-order valence-electron chi connectivity index (χ1n) is 4.25. The normalized spacial score (nSPS) is 11.3. The molecule has 74 valence electrons. The van der Waals surface area contributed by atoms with Gasteiger partial charge in [0.15, 0.2) is 5.58 Å². The first-order valence-corrected chi connectivity index (χ1v) is 5.05. The Labute approximate surface area is 92.0 Å². The molecule has 0 fully saturated rings. The SMILES string of the molecule is Fc1ccc2c(c1)c(Br)cc1onnc12. The lowest BCUT2D eigenvalue weighted by Gasteiger charge is -2.00. The van der Waals surface area contributed by atoms with Gasteiger partial charge in [-0.1, -0.05) is 15.9 Å². The van der Waals surface area contributed by atoms with Crippen LogP contribution in [0.15, 0.2) is 33.3 Å². The van der Waals surface area contributed by atoms with Crippen molar-refractivity contribution in [2.75, 3.05) is 0 Å². The van der Waals surface area contributed by atoms with Gasteiger partial charge >= 0.3 is 0 Å². The first kappa shape index (κ1) is 8.79. The van der Waals surface area contributed by atoms with Gasteiger partial charge in [0, 0.05) is 26.6 Å². The van der Waals surface area contributed by atoms with Crippen LogP contribution in [-0.2, 0) is 0 Å². The topological polar surface area (TPSA) is 38.9 Å². The average Bonchev–Trinajstić information content (AvgIpc) is 2.66. The molecule has 0 radical (unpaired) electrons. The quantitative estimate of drug-likeness (QED) is 0.627. The maximum Gasteiger partial charge on any atom is 0.189 e. The molecule has 5 heteroatoms. The second-order valence-electron chi connectivity index (χ2n) is 3.17. The van der Waals surface area contributed by atoms with E-state index in [1.165, 1.54) is 12.1 Å². The lowest BCUT2D eigenvalue weighted by atomic mass is 10.1. The minimum Gasteiger partial charge on any atom is -0.337 e. The molecule has 3 rings (SSSR count). The van der Waals surface area contributed by atoms with Crippen LogP contribution in [0.1, 0.15) is 0 Å². The zero-order valence-corrected chi connectivity index (χ0v) is 8.95. The molecule has 0 saturated heterocycles. The number of benzene rings is 2. The van der Waals surface area contributed by atoms with Crippen molar-refractivity contribution in [3.8, 4) is 0 Å². The van der Waals surface area contributed by atoms with Crippen molar-refractivity contribution in [3.05, 3.63) is 34.6 Å². The molecule has 1 aromatic heterocycles. The number of hydrogen-bond donors (Lipinski definition) is 0. The molecule has 0 unspecified atom stereocenters. The average molecular weight is 267 g/mol. The van der Waals surface area contributed by atoms with Gasteiger partial charge in [-0.15, -0.1) is 5.10 Å². The second kappa shape index (κ2) is 3.00. The van der Waals surface area contributed by atoms with Crippen LogP contribution in [0.25, 0.3) is 21.9 Å². The number of aromatic nitrogens is 2. The molecule has 0 aliphatic rings. The summed E-state index contributed by atoms with van der Waals surface area (Å²) in [5.74, 6) is -0.279. The highest BCUT2D eigenvalue weighted by molar-refractivity contribution is 9.10. The van der Waals surface area contributed by atoms with E-state index in [0.29, 0.717) is 11.1 Å². The fourth-order valence-corrected chi connectivity index (χ4v) is 2.13.